The third-order valence-electron chi connectivity index (χ3n) is 7.95. The topological polar surface area (TPSA) is 105 Å². The van der Waals surface area contributed by atoms with Gasteiger partial charge in [-0.25, -0.2) is 4.79 Å². The second-order valence-corrected chi connectivity index (χ2v) is 12.7. The van der Waals surface area contributed by atoms with Gasteiger partial charge >= 0.3 is 5.97 Å². The summed E-state index contributed by atoms with van der Waals surface area (Å²) in [5, 5.41) is 11.3. The molecule has 1 unspecified atom stereocenters. The summed E-state index contributed by atoms with van der Waals surface area (Å²) in [5.41, 5.74) is 1.92. The number of unbranched alkanes of at least 4 members (excludes halogenated alkanes) is 2. The number of phosphoric acid groups is 1. The predicted octanol–water partition coefficient (Wildman–Crippen LogP) is 7.66. The molecular formula is C31H46O7P-. The van der Waals surface area contributed by atoms with Gasteiger partial charge in [0.05, 0.1) is 6.61 Å². The Hall–Kier alpha value is -1.92. The van der Waals surface area contributed by atoms with Gasteiger partial charge in [0.25, 0.3) is 7.82 Å². The van der Waals surface area contributed by atoms with E-state index in [9.17, 15) is 19.4 Å². The number of esters is 1. The van der Waals surface area contributed by atoms with Crippen LogP contribution in [0.5, 0.6) is 11.5 Å². The molecule has 1 aromatic carbocycles. The number of phenolic OH excluding ortho intramolecular Hbond substituents is 1. The van der Waals surface area contributed by atoms with Gasteiger partial charge in [0.15, 0.2) is 5.60 Å². The number of ether oxygens (including phenoxy) is 1. The Morgan fingerprint density at radius 1 is 1.18 bits per heavy atom. The fourth-order valence-electron chi connectivity index (χ4n) is 5.84. The van der Waals surface area contributed by atoms with Crippen LogP contribution in [-0.4, -0.2) is 23.3 Å². The predicted molar refractivity (Wildman–Crippen MR) is 152 cm³/mol. The normalized spacial score (nSPS) is 22.5. The summed E-state index contributed by atoms with van der Waals surface area (Å²) in [6.45, 7) is 12.3. The first-order chi connectivity index (χ1) is 18.5. The van der Waals surface area contributed by atoms with Crippen LogP contribution in [0.15, 0.2) is 35.9 Å². The molecule has 0 aliphatic heterocycles. The molecule has 3 atom stereocenters. The van der Waals surface area contributed by atoms with Gasteiger partial charge in [-0.2, -0.15) is 0 Å². The molecule has 3 rings (SSSR count). The van der Waals surface area contributed by atoms with Crippen LogP contribution in [0.25, 0.3) is 0 Å². The minimum Gasteiger partial charge on any atom is -0.756 e. The Balaban J connectivity index is 1.99. The van der Waals surface area contributed by atoms with E-state index in [1.165, 1.54) is 5.57 Å². The van der Waals surface area contributed by atoms with E-state index in [0.29, 0.717) is 31.2 Å². The summed E-state index contributed by atoms with van der Waals surface area (Å²) in [6, 6.07) is 3.55. The molecule has 2 aliphatic carbocycles. The maximum atomic E-state index is 13.9. The van der Waals surface area contributed by atoms with E-state index in [4.69, 9.17) is 13.8 Å². The molecule has 0 amide bonds. The number of rotatable bonds is 13. The lowest BCUT2D eigenvalue weighted by atomic mass is 9.73. The molecule has 1 saturated carbocycles. The lowest BCUT2D eigenvalue weighted by Gasteiger charge is -2.39. The molecule has 0 saturated heterocycles. The minimum atomic E-state index is -4.75. The lowest BCUT2D eigenvalue weighted by molar-refractivity contribution is -0.240. The molecule has 7 nitrogen and oxygen atoms in total. The first-order valence-corrected chi connectivity index (χ1v) is 16.0. The minimum absolute atomic E-state index is 0.0203. The highest BCUT2D eigenvalue weighted by atomic mass is 31.2. The third kappa shape index (κ3) is 8.29. The lowest BCUT2D eigenvalue weighted by Crippen LogP contribution is -2.46. The number of allylic oxidation sites excluding steroid dienone is 3. The zero-order chi connectivity index (χ0) is 28.6. The van der Waals surface area contributed by atoms with Crippen LogP contribution in [0.1, 0.15) is 115 Å². The van der Waals surface area contributed by atoms with Gasteiger partial charge in [-0.3, -0.25) is 9.09 Å². The van der Waals surface area contributed by atoms with Crippen molar-refractivity contribution in [1.82, 2.24) is 0 Å². The van der Waals surface area contributed by atoms with Crippen LogP contribution < -0.4 is 9.63 Å². The Morgan fingerprint density at radius 2 is 1.90 bits per heavy atom. The van der Waals surface area contributed by atoms with Gasteiger partial charge in [-0.05, 0) is 88.8 Å². The van der Waals surface area contributed by atoms with E-state index in [-0.39, 0.29) is 42.8 Å². The average Bonchev–Trinajstić information content (AvgIpc) is 2.87. The van der Waals surface area contributed by atoms with Gasteiger partial charge in [0.2, 0.25) is 0 Å². The van der Waals surface area contributed by atoms with Gasteiger partial charge in [0.1, 0.15) is 11.5 Å². The number of hydrogen-bond acceptors (Lipinski definition) is 7. The molecule has 1 aromatic rings. The number of aryl methyl sites for hydroxylation is 1. The summed E-state index contributed by atoms with van der Waals surface area (Å²) < 4.78 is 29.5. The molecule has 218 valence electrons. The highest BCUT2D eigenvalue weighted by Crippen LogP contribution is 2.50. The standard InChI is InChI=1S/C31H47O7P/c1-6-8-12-18-36-39(34,35)38-31(16-10-9-11-17-31)30(33)37-28-21-24(13-7-2)20-27(32)29(28)26-19-23(5)14-15-25(26)22(3)4/h19-21,25-26,32H,3,6-18H2,1-2,4-5H3,(H,34,35)/p-1/t25-,26+/m0/s1. The van der Waals surface area contributed by atoms with Crippen LogP contribution in [0.2, 0.25) is 0 Å². The van der Waals surface area contributed by atoms with Crippen LogP contribution in [-0.2, 0) is 24.8 Å². The van der Waals surface area contributed by atoms with E-state index >= 15 is 0 Å². The molecule has 0 bridgehead atoms. The van der Waals surface area contributed by atoms with Gasteiger partial charge in [0, 0.05) is 11.5 Å². The van der Waals surface area contributed by atoms with Gasteiger partial charge in [-0.1, -0.05) is 63.3 Å². The Kier molecular flexibility index (Phi) is 11.4. The molecule has 0 radical (unpaired) electrons. The second kappa shape index (κ2) is 14.1. The van der Waals surface area contributed by atoms with Crippen molar-refractivity contribution in [3.05, 3.63) is 47.1 Å². The van der Waals surface area contributed by atoms with Crippen molar-refractivity contribution in [2.45, 2.75) is 116 Å². The molecule has 8 heteroatoms. The molecule has 0 spiro atoms. The molecule has 39 heavy (non-hydrogen) atoms. The molecule has 2 aliphatic rings. The molecule has 0 aromatic heterocycles. The van der Waals surface area contributed by atoms with E-state index in [1.807, 2.05) is 20.8 Å². The number of phosphoric ester groups is 1. The maximum Gasteiger partial charge on any atom is 0.344 e. The van der Waals surface area contributed by atoms with Gasteiger partial charge < -0.3 is 19.3 Å². The zero-order valence-electron chi connectivity index (χ0n) is 24.1. The highest BCUT2D eigenvalue weighted by molar-refractivity contribution is 7.46. The number of aromatic hydroxyl groups is 1. The summed E-state index contributed by atoms with van der Waals surface area (Å²) in [6.07, 6.45) is 10.5. The van der Waals surface area contributed by atoms with Crippen molar-refractivity contribution in [2.24, 2.45) is 5.92 Å². The summed E-state index contributed by atoms with van der Waals surface area (Å²) in [7, 11) is -4.75. The van der Waals surface area contributed by atoms with Crippen molar-refractivity contribution >= 4 is 13.8 Å². The van der Waals surface area contributed by atoms with Gasteiger partial charge in [-0.15, -0.1) is 0 Å². The molecular weight excluding hydrogens is 515 g/mol. The van der Waals surface area contributed by atoms with E-state index in [2.05, 4.69) is 19.6 Å². The molecule has 1 N–H and O–H groups in total. The zero-order valence-corrected chi connectivity index (χ0v) is 25.0. The van der Waals surface area contributed by atoms with E-state index in [0.717, 1.165) is 49.7 Å². The Morgan fingerprint density at radius 3 is 2.54 bits per heavy atom. The number of hydrogen-bond donors (Lipinski definition) is 1. The van der Waals surface area contributed by atoms with Crippen LogP contribution in [0, 0.1) is 5.92 Å². The second-order valence-electron chi connectivity index (χ2n) is 11.3. The maximum absolute atomic E-state index is 13.9. The number of carbonyl (C=O) groups is 1. The van der Waals surface area contributed by atoms with E-state index in [1.54, 1.807) is 12.1 Å². The molecule has 0 heterocycles. The molecule has 1 fully saturated rings. The van der Waals surface area contributed by atoms with Crippen LogP contribution >= 0.6 is 7.82 Å². The van der Waals surface area contributed by atoms with Crippen LogP contribution in [0.4, 0.5) is 0 Å². The Bertz CT molecular complexity index is 1090. The fraction of sp³-hybridized carbons (Fsp3) is 0.645. The van der Waals surface area contributed by atoms with Crippen molar-refractivity contribution in [3.8, 4) is 11.5 Å². The van der Waals surface area contributed by atoms with Crippen LogP contribution in [0.3, 0.4) is 0 Å². The average molecular weight is 562 g/mol. The van der Waals surface area contributed by atoms with E-state index < -0.39 is 19.4 Å². The number of phenols is 1. The largest absolute Gasteiger partial charge is 0.756 e. The smallest absolute Gasteiger partial charge is 0.344 e. The van der Waals surface area contributed by atoms with Crippen molar-refractivity contribution in [3.63, 3.8) is 0 Å². The first kappa shape index (κ1) is 31.6. The third-order valence-corrected chi connectivity index (χ3v) is 9.02. The monoisotopic (exact) mass is 561 g/mol. The van der Waals surface area contributed by atoms with Crippen molar-refractivity contribution in [2.75, 3.05) is 6.61 Å². The Labute approximate surface area is 234 Å². The highest BCUT2D eigenvalue weighted by Gasteiger charge is 2.46. The summed E-state index contributed by atoms with van der Waals surface area (Å²) in [5.74, 6) is -0.576. The number of benzene rings is 1. The number of carbonyl (C=O) groups excluding carboxylic acids is 1. The quantitative estimate of drug-likeness (QED) is 0.0866. The van der Waals surface area contributed by atoms with Crippen molar-refractivity contribution in [1.29, 1.82) is 0 Å². The fourth-order valence-corrected chi connectivity index (χ4v) is 6.93. The van der Waals surface area contributed by atoms with Crippen molar-refractivity contribution < 1.29 is 33.1 Å². The summed E-state index contributed by atoms with van der Waals surface area (Å²) in [4.78, 5) is 26.7. The SMILES string of the molecule is C=C(C)[C@@H]1CCC(C)=C[C@H]1c1c(O)cc(CCC)cc1OC(=O)C1(OP(=O)([O-])OCCCCC)CCCCC1. The first-order valence-electron chi connectivity index (χ1n) is 14.6. The summed E-state index contributed by atoms with van der Waals surface area (Å²) >= 11 is 0.